The van der Waals surface area contributed by atoms with Crippen LogP contribution in [0, 0.1) is 25.3 Å². The number of para-hydroxylation sites is 1. The second-order valence-electron chi connectivity index (χ2n) is 13.9. The number of aliphatic hydroxyl groups is 1. The first-order chi connectivity index (χ1) is 23.4. The largest absolute Gasteiger partial charge is 0.506 e. The Morgan fingerprint density at radius 3 is 1.98 bits per heavy atom. The van der Waals surface area contributed by atoms with Crippen LogP contribution in [0.3, 0.4) is 0 Å². The second kappa shape index (κ2) is 15.2. The number of ketones is 1. The molecule has 1 aromatic heterocycles. The molecule has 48 heavy (non-hydrogen) atoms. The van der Waals surface area contributed by atoms with E-state index in [4.69, 9.17) is 11.6 Å². The standard InChI is InChI=1S/C39H48N6O3/c1-25-30(32-35(46)33(36(32)47)31-26(2)44-45(39(31)48)29-21-5-4-6-22-29)37(41-23-13-11-19-27-15-7-8-16-27)43-38(34(25)40-3)42-24-14-12-20-28-17-9-10-18-28/h4-6,21-22,27-28,46H,7-20,23-24H2,1-2H3,(H2,41,42,43)/b33-31-. The Labute approximate surface area is 284 Å². The van der Waals surface area contributed by atoms with E-state index in [0.29, 0.717) is 52.9 Å². The van der Waals surface area contributed by atoms with E-state index < -0.39 is 11.7 Å². The van der Waals surface area contributed by atoms with Gasteiger partial charge in [-0.15, -0.1) is 0 Å². The number of anilines is 3. The van der Waals surface area contributed by atoms with Crippen LogP contribution in [0.15, 0.2) is 52.3 Å². The van der Waals surface area contributed by atoms with E-state index in [0.717, 1.165) is 37.5 Å². The molecule has 1 aromatic carbocycles. The number of hydrogen-bond acceptors (Lipinski definition) is 7. The van der Waals surface area contributed by atoms with Crippen molar-refractivity contribution in [3.05, 3.63) is 69.8 Å². The molecule has 0 radical (unpaired) electrons. The number of amides is 1. The van der Waals surface area contributed by atoms with Gasteiger partial charge in [0.05, 0.1) is 34.7 Å². The number of nitrogens with one attached hydrogen (secondary N) is 2. The Morgan fingerprint density at radius 1 is 0.833 bits per heavy atom. The van der Waals surface area contributed by atoms with Crippen molar-refractivity contribution in [2.45, 2.75) is 104 Å². The highest BCUT2D eigenvalue weighted by atomic mass is 16.3. The van der Waals surface area contributed by atoms with E-state index in [2.05, 4.69) is 20.6 Å². The number of nitrogens with zero attached hydrogens (tertiary/aromatic N) is 4. The maximum atomic E-state index is 13.9. The van der Waals surface area contributed by atoms with Gasteiger partial charge in [-0.25, -0.2) is 9.83 Å². The van der Waals surface area contributed by atoms with Crippen LogP contribution in [0.2, 0.25) is 0 Å². The van der Waals surface area contributed by atoms with E-state index in [1.165, 1.54) is 69.2 Å². The van der Waals surface area contributed by atoms with E-state index in [1.807, 2.05) is 25.1 Å². The van der Waals surface area contributed by atoms with E-state index in [9.17, 15) is 14.7 Å². The zero-order chi connectivity index (χ0) is 33.6. The maximum absolute atomic E-state index is 13.9. The van der Waals surface area contributed by atoms with Gasteiger partial charge in [-0.2, -0.15) is 10.1 Å². The average Bonchev–Trinajstić information content (AvgIpc) is 3.87. The molecule has 1 amide bonds. The minimum absolute atomic E-state index is 0.0366. The Bertz CT molecular complexity index is 1670. The zero-order valence-corrected chi connectivity index (χ0v) is 28.4. The number of aliphatic hydroxyl groups excluding tert-OH is 1. The number of rotatable bonds is 14. The Kier molecular flexibility index (Phi) is 10.6. The lowest BCUT2D eigenvalue weighted by Gasteiger charge is -2.27. The first-order valence-electron chi connectivity index (χ1n) is 18.0. The van der Waals surface area contributed by atoms with Gasteiger partial charge < -0.3 is 15.7 Å². The molecule has 0 spiro atoms. The van der Waals surface area contributed by atoms with Crippen molar-refractivity contribution in [2.24, 2.45) is 16.9 Å². The van der Waals surface area contributed by atoms with Crippen LogP contribution in [0.5, 0.6) is 0 Å². The van der Waals surface area contributed by atoms with Gasteiger partial charge >= 0.3 is 0 Å². The van der Waals surface area contributed by atoms with E-state index in [1.54, 1.807) is 19.1 Å². The maximum Gasteiger partial charge on any atom is 0.281 e. The molecule has 252 valence electrons. The summed E-state index contributed by atoms with van der Waals surface area (Å²) in [5.41, 5.74) is 2.43. The monoisotopic (exact) mass is 648 g/mol. The molecule has 0 saturated heterocycles. The van der Waals surface area contributed by atoms with Crippen LogP contribution in [0.25, 0.3) is 10.4 Å². The van der Waals surface area contributed by atoms with Crippen molar-refractivity contribution in [1.29, 1.82) is 0 Å². The third-order valence-electron chi connectivity index (χ3n) is 10.6. The predicted molar refractivity (Wildman–Crippen MR) is 192 cm³/mol. The molecule has 0 atom stereocenters. The number of benzene rings is 1. The van der Waals surface area contributed by atoms with Crippen molar-refractivity contribution in [3.8, 4) is 0 Å². The van der Waals surface area contributed by atoms with E-state index >= 15 is 0 Å². The molecular weight excluding hydrogens is 600 g/mol. The Balaban J connectivity index is 1.26. The lowest BCUT2D eigenvalue weighted by atomic mass is 9.78. The van der Waals surface area contributed by atoms with Crippen LogP contribution in [-0.4, -0.2) is 40.6 Å². The second-order valence-corrected chi connectivity index (χ2v) is 13.9. The summed E-state index contributed by atoms with van der Waals surface area (Å²) >= 11 is 0. The molecule has 2 fully saturated rings. The molecule has 4 aliphatic rings. The normalized spacial score (nSPS) is 20.0. The van der Waals surface area contributed by atoms with Crippen LogP contribution >= 0.6 is 0 Å². The summed E-state index contributed by atoms with van der Waals surface area (Å²) in [6, 6.07) is 9.01. The number of carbonyl (C=O) groups excluding carboxylic acids is 2. The van der Waals surface area contributed by atoms with Crippen molar-refractivity contribution in [3.63, 3.8) is 0 Å². The number of hydrogen-bond donors (Lipinski definition) is 3. The fourth-order valence-electron chi connectivity index (χ4n) is 7.92. The predicted octanol–water partition coefficient (Wildman–Crippen LogP) is 9.06. The molecule has 0 unspecified atom stereocenters. The summed E-state index contributed by atoms with van der Waals surface area (Å²) in [5.74, 6) is 1.49. The third-order valence-corrected chi connectivity index (χ3v) is 10.6. The Morgan fingerprint density at radius 2 is 1.42 bits per heavy atom. The van der Waals surface area contributed by atoms with Gasteiger partial charge in [-0.05, 0) is 56.2 Å². The number of pyridine rings is 1. The number of unbranched alkanes of at least 4 members (excludes halogenated alkanes) is 2. The number of carbonyl (C=O) groups is 2. The summed E-state index contributed by atoms with van der Waals surface area (Å²) in [7, 11) is 0. The third kappa shape index (κ3) is 6.89. The van der Waals surface area contributed by atoms with Crippen LogP contribution < -0.4 is 15.6 Å². The van der Waals surface area contributed by atoms with Gasteiger partial charge in [0.1, 0.15) is 17.4 Å². The summed E-state index contributed by atoms with van der Waals surface area (Å²) in [6.45, 7) is 12.9. The lowest BCUT2D eigenvalue weighted by Crippen LogP contribution is -2.30. The van der Waals surface area contributed by atoms with E-state index in [-0.39, 0.29) is 22.5 Å². The molecule has 2 aromatic rings. The molecule has 2 saturated carbocycles. The van der Waals surface area contributed by atoms with Crippen molar-refractivity contribution in [1.82, 2.24) is 4.98 Å². The van der Waals surface area contributed by atoms with Crippen LogP contribution in [-0.2, 0) is 9.59 Å². The van der Waals surface area contributed by atoms with Crippen molar-refractivity contribution in [2.75, 3.05) is 28.7 Å². The number of hydrazone groups is 1. The van der Waals surface area contributed by atoms with Gasteiger partial charge in [0.2, 0.25) is 11.5 Å². The zero-order valence-electron chi connectivity index (χ0n) is 28.4. The molecule has 3 N–H and O–H groups in total. The highest BCUT2D eigenvalue weighted by Gasteiger charge is 2.44. The number of allylic oxidation sites excluding steroid dienone is 2. The summed E-state index contributed by atoms with van der Waals surface area (Å²) < 4.78 is 0. The van der Waals surface area contributed by atoms with Crippen molar-refractivity contribution < 1.29 is 14.7 Å². The smallest absolute Gasteiger partial charge is 0.281 e. The van der Waals surface area contributed by atoms with Crippen LogP contribution in [0.4, 0.5) is 23.0 Å². The fourth-order valence-corrected chi connectivity index (χ4v) is 7.92. The van der Waals surface area contributed by atoms with Gasteiger partial charge in [0.25, 0.3) is 5.91 Å². The first kappa shape index (κ1) is 33.5. The molecular formula is C39H48N6O3. The highest BCUT2D eigenvalue weighted by Crippen LogP contribution is 2.46. The SMILES string of the molecule is [C-]#[N+]c1c(NCCCCC2CCCC2)nc(NCCCCC2CCCC2)c(C2=C(O)/C(=C3/C(=O)N(c4ccccc4)N=C3C)C2=O)c1C. The molecule has 1 aliphatic heterocycles. The highest BCUT2D eigenvalue weighted by molar-refractivity contribution is 6.45. The van der Waals surface area contributed by atoms with Gasteiger partial charge in [-0.1, -0.05) is 95.2 Å². The first-order valence-corrected chi connectivity index (χ1v) is 18.0. The summed E-state index contributed by atoms with van der Waals surface area (Å²) in [4.78, 5) is 36.1. The average molecular weight is 649 g/mol. The topological polar surface area (TPSA) is 111 Å². The molecule has 0 bridgehead atoms. The number of aromatic nitrogens is 1. The molecule has 9 heteroatoms. The van der Waals surface area contributed by atoms with Gasteiger partial charge in [0.15, 0.2) is 0 Å². The van der Waals surface area contributed by atoms with Gasteiger partial charge in [0, 0.05) is 18.7 Å². The minimum Gasteiger partial charge on any atom is -0.506 e. The summed E-state index contributed by atoms with van der Waals surface area (Å²) in [5, 5.41) is 24.0. The quantitative estimate of drug-likeness (QED) is 0.107. The van der Waals surface area contributed by atoms with Crippen molar-refractivity contribution >= 4 is 46.0 Å². The molecule has 6 rings (SSSR count). The fraction of sp³-hybridized carbons (Fsp3) is 0.513. The minimum atomic E-state index is -0.461. The molecule has 9 nitrogen and oxygen atoms in total. The Hall–Kier alpha value is -4.45. The number of Topliss-reactive ketones (excluding diaryl/α,β-unsaturated/α-hetero) is 1. The lowest BCUT2D eigenvalue weighted by molar-refractivity contribution is -0.115. The van der Waals surface area contributed by atoms with Gasteiger partial charge in [-0.3, -0.25) is 9.59 Å². The van der Waals surface area contributed by atoms with Crippen LogP contribution in [0.1, 0.15) is 108 Å². The molecule has 3 aliphatic carbocycles. The molecule has 2 heterocycles. The summed E-state index contributed by atoms with van der Waals surface area (Å²) in [6.07, 6.45) is 17.4.